The van der Waals surface area contributed by atoms with E-state index in [4.69, 9.17) is 28.9 Å². The number of nitrogens with zero attached hydrogens (tertiary/aromatic N) is 2. The molecule has 1 unspecified atom stereocenters. The van der Waals surface area contributed by atoms with Crippen molar-refractivity contribution in [1.29, 1.82) is 0 Å². The van der Waals surface area contributed by atoms with Crippen molar-refractivity contribution in [3.8, 4) is 0 Å². The molecule has 2 rings (SSSR count). The fourth-order valence-electron chi connectivity index (χ4n) is 2.16. The van der Waals surface area contributed by atoms with Gasteiger partial charge >= 0.3 is 0 Å². The first-order valence-electron chi connectivity index (χ1n) is 6.34. The van der Waals surface area contributed by atoms with E-state index < -0.39 is 0 Å². The molecule has 0 spiro atoms. The molecule has 6 heteroatoms. The van der Waals surface area contributed by atoms with Crippen LogP contribution in [-0.4, -0.2) is 9.78 Å². The number of benzene rings is 1. The van der Waals surface area contributed by atoms with Crippen molar-refractivity contribution in [2.45, 2.75) is 25.8 Å². The summed E-state index contributed by atoms with van der Waals surface area (Å²) in [6, 6.07) is 3.86. The molecule has 0 fully saturated rings. The second kappa shape index (κ2) is 6.12. The van der Waals surface area contributed by atoms with Crippen LogP contribution in [0.3, 0.4) is 0 Å². The van der Waals surface area contributed by atoms with Gasteiger partial charge in [-0.2, -0.15) is 5.10 Å². The van der Waals surface area contributed by atoms with Gasteiger partial charge in [-0.25, -0.2) is 4.39 Å². The van der Waals surface area contributed by atoms with Crippen molar-refractivity contribution < 1.29 is 4.39 Å². The maximum absolute atomic E-state index is 13.1. The van der Waals surface area contributed by atoms with Crippen LogP contribution in [-0.2, 0) is 19.9 Å². The van der Waals surface area contributed by atoms with E-state index in [2.05, 4.69) is 5.10 Å². The first-order chi connectivity index (χ1) is 9.43. The molecule has 20 heavy (non-hydrogen) atoms. The summed E-state index contributed by atoms with van der Waals surface area (Å²) in [4.78, 5) is 0. The van der Waals surface area contributed by atoms with Gasteiger partial charge in [0.1, 0.15) is 5.82 Å². The molecule has 1 atom stereocenters. The van der Waals surface area contributed by atoms with Crippen LogP contribution in [0.5, 0.6) is 0 Å². The molecular weight excluding hydrogens is 300 g/mol. The van der Waals surface area contributed by atoms with Crippen molar-refractivity contribution in [3.05, 3.63) is 51.0 Å². The van der Waals surface area contributed by atoms with Crippen LogP contribution >= 0.6 is 23.2 Å². The van der Waals surface area contributed by atoms with Gasteiger partial charge in [0, 0.05) is 24.5 Å². The topological polar surface area (TPSA) is 43.8 Å². The van der Waals surface area contributed by atoms with Gasteiger partial charge in [-0.15, -0.1) is 0 Å². The molecule has 0 saturated carbocycles. The third kappa shape index (κ3) is 2.97. The molecule has 1 aromatic heterocycles. The van der Waals surface area contributed by atoms with Gasteiger partial charge in [0.05, 0.1) is 16.4 Å². The second-order valence-corrected chi connectivity index (χ2v) is 5.45. The standard InChI is InChI=1S/C14H16Cl2FN3/c1-3-12-14(16)13(20(2)19-12)7-11(18)9-5-4-8(17)6-10(9)15/h4-6,11H,3,7,18H2,1-2H3. The third-order valence-electron chi connectivity index (χ3n) is 3.28. The van der Waals surface area contributed by atoms with Crippen molar-refractivity contribution in [1.82, 2.24) is 9.78 Å². The monoisotopic (exact) mass is 315 g/mol. The van der Waals surface area contributed by atoms with Gasteiger partial charge in [0.15, 0.2) is 0 Å². The van der Waals surface area contributed by atoms with E-state index in [0.717, 1.165) is 17.8 Å². The number of rotatable bonds is 4. The van der Waals surface area contributed by atoms with Crippen LogP contribution in [0, 0.1) is 5.82 Å². The smallest absolute Gasteiger partial charge is 0.124 e. The largest absolute Gasteiger partial charge is 0.324 e. The Morgan fingerprint density at radius 3 is 2.65 bits per heavy atom. The highest BCUT2D eigenvalue weighted by molar-refractivity contribution is 6.32. The lowest BCUT2D eigenvalue weighted by atomic mass is 10.0. The van der Waals surface area contributed by atoms with Crippen molar-refractivity contribution in [2.75, 3.05) is 0 Å². The summed E-state index contributed by atoms with van der Waals surface area (Å²) < 4.78 is 14.8. The molecule has 0 saturated heterocycles. The van der Waals surface area contributed by atoms with E-state index >= 15 is 0 Å². The first kappa shape index (κ1) is 15.3. The highest BCUT2D eigenvalue weighted by Crippen LogP contribution is 2.28. The fourth-order valence-corrected chi connectivity index (χ4v) is 2.84. The zero-order valence-electron chi connectivity index (χ0n) is 11.3. The van der Waals surface area contributed by atoms with Gasteiger partial charge in [0.25, 0.3) is 0 Å². The zero-order chi connectivity index (χ0) is 14.9. The summed E-state index contributed by atoms with van der Waals surface area (Å²) in [6.07, 6.45) is 1.26. The van der Waals surface area contributed by atoms with E-state index in [1.54, 1.807) is 10.7 Å². The van der Waals surface area contributed by atoms with Crippen LogP contribution in [0.4, 0.5) is 4.39 Å². The van der Waals surface area contributed by atoms with Crippen molar-refractivity contribution in [3.63, 3.8) is 0 Å². The van der Waals surface area contributed by atoms with Gasteiger partial charge in [-0.05, 0) is 24.1 Å². The Balaban J connectivity index is 2.27. The predicted molar refractivity (Wildman–Crippen MR) is 79.6 cm³/mol. The molecule has 108 valence electrons. The van der Waals surface area contributed by atoms with Crippen LogP contribution < -0.4 is 5.73 Å². The quantitative estimate of drug-likeness (QED) is 0.935. The van der Waals surface area contributed by atoms with Crippen LogP contribution in [0.2, 0.25) is 10.0 Å². The van der Waals surface area contributed by atoms with Gasteiger partial charge in [-0.3, -0.25) is 4.68 Å². The minimum atomic E-state index is -0.377. The molecule has 0 radical (unpaired) electrons. The SMILES string of the molecule is CCc1nn(C)c(CC(N)c2ccc(F)cc2Cl)c1Cl. The number of aromatic nitrogens is 2. The Bertz CT molecular complexity index is 625. The van der Waals surface area contributed by atoms with E-state index in [1.165, 1.54) is 12.1 Å². The molecule has 1 aromatic carbocycles. The molecule has 2 aromatic rings. The van der Waals surface area contributed by atoms with E-state index in [9.17, 15) is 4.39 Å². The average molecular weight is 316 g/mol. The van der Waals surface area contributed by atoms with E-state index in [-0.39, 0.29) is 11.9 Å². The Kier molecular flexibility index (Phi) is 4.68. The summed E-state index contributed by atoms with van der Waals surface area (Å²) in [7, 11) is 1.83. The molecule has 3 nitrogen and oxygen atoms in total. The lowest BCUT2D eigenvalue weighted by molar-refractivity contribution is 0.619. The highest BCUT2D eigenvalue weighted by Gasteiger charge is 2.18. The Morgan fingerprint density at radius 1 is 1.40 bits per heavy atom. The average Bonchev–Trinajstić information content (AvgIpc) is 2.66. The predicted octanol–water partition coefficient (Wildman–Crippen LogP) is 3.67. The molecule has 0 bridgehead atoms. The van der Waals surface area contributed by atoms with Crippen molar-refractivity contribution >= 4 is 23.2 Å². The minimum absolute atomic E-state index is 0.325. The molecule has 1 heterocycles. The zero-order valence-corrected chi connectivity index (χ0v) is 12.8. The summed E-state index contributed by atoms with van der Waals surface area (Å²) in [5.74, 6) is -0.377. The van der Waals surface area contributed by atoms with Gasteiger partial charge in [0.2, 0.25) is 0 Å². The molecule has 0 amide bonds. The maximum Gasteiger partial charge on any atom is 0.124 e. The number of hydrogen-bond donors (Lipinski definition) is 1. The molecule has 0 aliphatic heterocycles. The van der Waals surface area contributed by atoms with Crippen LogP contribution in [0.25, 0.3) is 0 Å². The van der Waals surface area contributed by atoms with Crippen LogP contribution in [0.1, 0.15) is 29.9 Å². The summed E-state index contributed by atoms with van der Waals surface area (Å²) in [5.41, 5.74) is 8.56. The van der Waals surface area contributed by atoms with Gasteiger partial charge < -0.3 is 5.73 Å². The lowest BCUT2D eigenvalue weighted by Gasteiger charge is -2.14. The van der Waals surface area contributed by atoms with Gasteiger partial charge in [-0.1, -0.05) is 36.2 Å². The van der Waals surface area contributed by atoms with E-state index in [0.29, 0.717) is 22.0 Å². The molecule has 2 N–H and O–H groups in total. The second-order valence-electron chi connectivity index (χ2n) is 4.66. The van der Waals surface area contributed by atoms with E-state index in [1.807, 2.05) is 14.0 Å². The first-order valence-corrected chi connectivity index (χ1v) is 7.10. The third-order valence-corrected chi connectivity index (χ3v) is 4.04. The summed E-state index contributed by atoms with van der Waals surface area (Å²) >= 11 is 12.3. The molecule has 0 aliphatic rings. The summed E-state index contributed by atoms with van der Waals surface area (Å²) in [6.45, 7) is 1.99. The summed E-state index contributed by atoms with van der Waals surface area (Å²) in [5, 5.41) is 5.32. The Hall–Kier alpha value is -1.10. The number of hydrogen-bond acceptors (Lipinski definition) is 2. The maximum atomic E-state index is 13.1. The Labute approximate surface area is 127 Å². The molecule has 0 aliphatic carbocycles. The lowest BCUT2D eigenvalue weighted by Crippen LogP contribution is -2.16. The minimum Gasteiger partial charge on any atom is -0.324 e. The number of aryl methyl sites for hydroxylation is 2. The fraction of sp³-hybridized carbons (Fsp3) is 0.357. The van der Waals surface area contributed by atoms with Crippen LogP contribution in [0.15, 0.2) is 18.2 Å². The Morgan fingerprint density at radius 2 is 2.10 bits per heavy atom. The van der Waals surface area contributed by atoms with Crippen molar-refractivity contribution in [2.24, 2.45) is 12.8 Å². The number of halogens is 3. The normalized spacial score (nSPS) is 12.7. The highest BCUT2D eigenvalue weighted by atomic mass is 35.5. The molecular formula is C14H16Cl2FN3. The number of nitrogens with two attached hydrogens (primary N) is 1.